The molecule has 1 aliphatic rings. The molecule has 94 valence electrons. The zero-order chi connectivity index (χ0) is 12.5. The molecule has 0 fully saturated rings. The van der Waals surface area contributed by atoms with Crippen LogP contribution in [0.25, 0.3) is 0 Å². The van der Waals surface area contributed by atoms with Gasteiger partial charge in [-0.15, -0.1) is 0 Å². The second-order valence-electron chi connectivity index (χ2n) is 4.66. The Balaban J connectivity index is 1.79. The molecule has 3 rings (SSSR count). The first-order chi connectivity index (χ1) is 8.70. The number of hydrogen-bond donors (Lipinski definition) is 2. The number of aryl methyl sites for hydroxylation is 1. The Bertz CT molecular complexity index is 548. The topological polar surface area (TPSA) is 71.2 Å². The minimum atomic E-state index is -0.289. The van der Waals surface area contributed by atoms with Crippen LogP contribution >= 0.6 is 0 Å². The predicted molar refractivity (Wildman–Crippen MR) is 65.3 cm³/mol. The third-order valence-electron chi connectivity index (χ3n) is 3.18. The van der Waals surface area contributed by atoms with Gasteiger partial charge in [0.25, 0.3) is 0 Å². The van der Waals surface area contributed by atoms with Crippen molar-refractivity contribution in [3.63, 3.8) is 0 Å². The van der Waals surface area contributed by atoms with Gasteiger partial charge in [-0.2, -0.15) is 5.10 Å². The fourth-order valence-corrected chi connectivity index (χ4v) is 2.21. The van der Waals surface area contributed by atoms with Gasteiger partial charge in [0.2, 0.25) is 0 Å². The lowest BCUT2D eigenvalue weighted by atomic mass is 10.1. The Hall–Kier alpha value is -1.88. The summed E-state index contributed by atoms with van der Waals surface area (Å²) >= 11 is 0. The molecule has 2 N–H and O–H groups in total. The van der Waals surface area contributed by atoms with E-state index >= 15 is 0 Å². The maximum Gasteiger partial charge on any atom is 0.155 e. The second-order valence-corrected chi connectivity index (χ2v) is 4.66. The van der Waals surface area contributed by atoms with Crippen LogP contribution in [0.4, 0.5) is 0 Å². The van der Waals surface area contributed by atoms with Gasteiger partial charge in [0.15, 0.2) is 5.82 Å². The number of hydrogen-bond acceptors (Lipinski definition) is 4. The van der Waals surface area contributed by atoms with Gasteiger partial charge in [-0.25, -0.2) is 9.67 Å². The number of aliphatic hydroxyl groups is 1. The summed E-state index contributed by atoms with van der Waals surface area (Å²) in [5, 5.41) is 23.2. The van der Waals surface area contributed by atoms with E-state index in [1.165, 1.54) is 0 Å². The summed E-state index contributed by atoms with van der Waals surface area (Å²) < 4.78 is 1.88. The number of phenols is 1. The van der Waals surface area contributed by atoms with Gasteiger partial charge in [-0.05, 0) is 24.1 Å². The Morgan fingerprint density at radius 3 is 2.83 bits per heavy atom. The highest BCUT2D eigenvalue weighted by molar-refractivity contribution is 5.27. The van der Waals surface area contributed by atoms with E-state index in [0.29, 0.717) is 12.8 Å². The Labute approximate surface area is 105 Å². The summed E-state index contributed by atoms with van der Waals surface area (Å²) in [7, 11) is 0. The van der Waals surface area contributed by atoms with Crippen molar-refractivity contribution in [1.29, 1.82) is 0 Å². The molecule has 5 nitrogen and oxygen atoms in total. The molecule has 1 atom stereocenters. The molecule has 1 aromatic heterocycles. The van der Waals surface area contributed by atoms with Gasteiger partial charge in [0.1, 0.15) is 11.6 Å². The lowest BCUT2D eigenvalue weighted by molar-refractivity contribution is 0.138. The Morgan fingerprint density at radius 2 is 2.06 bits per heavy atom. The quantitative estimate of drug-likeness (QED) is 0.824. The summed E-state index contributed by atoms with van der Waals surface area (Å²) in [6, 6.07) is 7.05. The number of aromatic hydroxyl groups is 1. The molecular weight excluding hydrogens is 230 g/mol. The lowest BCUT2D eigenvalue weighted by Crippen LogP contribution is -2.23. The average molecular weight is 245 g/mol. The number of phenolic OH excluding ortho intramolecular Hbond substituents is 1. The van der Waals surface area contributed by atoms with E-state index in [9.17, 15) is 10.2 Å². The third kappa shape index (κ3) is 2.22. The van der Waals surface area contributed by atoms with Crippen molar-refractivity contribution in [1.82, 2.24) is 14.8 Å². The van der Waals surface area contributed by atoms with Crippen molar-refractivity contribution >= 4 is 0 Å². The van der Waals surface area contributed by atoms with Crippen molar-refractivity contribution < 1.29 is 10.2 Å². The molecule has 0 radical (unpaired) electrons. The molecule has 1 aromatic carbocycles. The Morgan fingerprint density at radius 1 is 1.28 bits per heavy atom. The maximum atomic E-state index is 9.58. The first-order valence-electron chi connectivity index (χ1n) is 6.09. The number of nitrogens with zero attached hydrogens (tertiary/aromatic N) is 3. The van der Waals surface area contributed by atoms with E-state index in [0.717, 1.165) is 30.2 Å². The molecule has 0 amide bonds. The molecular formula is C13H15N3O2. The van der Waals surface area contributed by atoms with E-state index in [2.05, 4.69) is 10.1 Å². The van der Waals surface area contributed by atoms with Crippen LogP contribution in [0.5, 0.6) is 5.75 Å². The zero-order valence-corrected chi connectivity index (χ0v) is 9.95. The Kier molecular flexibility index (Phi) is 2.76. The van der Waals surface area contributed by atoms with E-state index < -0.39 is 0 Å². The zero-order valence-electron chi connectivity index (χ0n) is 9.95. The van der Waals surface area contributed by atoms with Crippen LogP contribution in [0.2, 0.25) is 0 Å². The van der Waals surface area contributed by atoms with Crippen molar-refractivity contribution in [3.8, 4) is 5.75 Å². The van der Waals surface area contributed by atoms with Crippen LogP contribution in [-0.4, -0.2) is 31.1 Å². The summed E-state index contributed by atoms with van der Waals surface area (Å²) in [4.78, 5) is 4.45. The molecule has 0 saturated heterocycles. The number of aromatic nitrogens is 3. The maximum absolute atomic E-state index is 9.58. The van der Waals surface area contributed by atoms with Crippen molar-refractivity contribution in [2.24, 2.45) is 0 Å². The fraction of sp³-hybridized carbons (Fsp3) is 0.385. The molecule has 1 unspecified atom stereocenters. The van der Waals surface area contributed by atoms with Gasteiger partial charge in [-0.1, -0.05) is 12.1 Å². The molecule has 0 saturated carbocycles. The minimum absolute atomic E-state index is 0.263. The van der Waals surface area contributed by atoms with Gasteiger partial charge in [0.05, 0.1) is 6.10 Å². The monoisotopic (exact) mass is 245 g/mol. The summed E-state index contributed by atoms with van der Waals surface area (Å²) in [6.45, 7) is 0.735. The van der Waals surface area contributed by atoms with Gasteiger partial charge in [-0.3, -0.25) is 0 Å². The second kappa shape index (κ2) is 4.42. The summed E-state index contributed by atoms with van der Waals surface area (Å²) in [5.41, 5.74) is 1.07. The normalized spacial score (nSPS) is 18.6. The molecule has 18 heavy (non-hydrogen) atoms. The van der Waals surface area contributed by atoms with Crippen LogP contribution in [0.1, 0.15) is 23.6 Å². The predicted octanol–water partition coefficient (Wildman–Crippen LogP) is 0.882. The van der Waals surface area contributed by atoms with Crippen LogP contribution in [0.3, 0.4) is 0 Å². The standard InChI is InChI=1S/C13H15N3O2/c17-10-3-1-9(2-4-10)7-12-14-13-8-11(18)5-6-16(13)15-12/h1-4,11,17-18H,5-8H2. The smallest absolute Gasteiger partial charge is 0.155 e. The van der Waals surface area contributed by atoms with E-state index in [4.69, 9.17) is 0 Å². The third-order valence-corrected chi connectivity index (χ3v) is 3.18. The number of benzene rings is 1. The van der Waals surface area contributed by atoms with E-state index in [1.54, 1.807) is 12.1 Å². The molecule has 0 spiro atoms. The fourth-order valence-electron chi connectivity index (χ4n) is 2.21. The van der Waals surface area contributed by atoms with Crippen molar-refractivity contribution in [2.45, 2.75) is 31.9 Å². The van der Waals surface area contributed by atoms with Gasteiger partial charge in [0, 0.05) is 19.4 Å². The SMILES string of the molecule is Oc1ccc(Cc2nc3n(n2)CCC(O)C3)cc1. The number of aliphatic hydroxyl groups excluding tert-OH is 1. The summed E-state index contributed by atoms with van der Waals surface area (Å²) in [5.74, 6) is 1.89. The number of fused-ring (bicyclic) bond motifs is 1. The lowest BCUT2D eigenvalue weighted by Gasteiger charge is -2.16. The van der Waals surface area contributed by atoms with E-state index in [1.807, 2.05) is 16.8 Å². The first-order valence-corrected chi connectivity index (χ1v) is 6.09. The first kappa shape index (κ1) is 11.2. The van der Waals surface area contributed by atoms with Gasteiger partial charge < -0.3 is 10.2 Å². The number of rotatable bonds is 2. The molecule has 2 heterocycles. The average Bonchev–Trinajstić information content (AvgIpc) is 2.73. The van der Waals surface area contributed by atoms with Crippen molar-refractivity contribution in [3.05, 3.63) is 41.5 Å². The molecule has 5 heteroatoms. The highest BCUT2D eigenvalue weighted by Crippen LogP contribution is 2.16. The molecule has 2 aromatic rings. The highest BCUT2D eigenvalue weighted by atomic mass is 16.3. The summed E-state index contributed by atoms with van der Waals surface area (Å²) in [6.07, 6.45) is 1.69. The van der Waals surface area contributed by atoms with Crippen LogP contribution in [0.15, 0.2) is 24.3 Å². The van der Waals surface area contributed by atoms with Crippen LogP contribution in [0, 0.1) is 0 Å². The minimum Gasteiger partial charge on any atom is -0.508 e. The molecule has 0 aliphatic carbocycles. The van der Waals surface area contributed by atoms with Crippen LogP contribution in [-0.2, 0) is 19.4 Å². The molecule has 0 bridgehead atoms. The van der Waals surface area contributed by atoms with E-state index in [-0.39, 0.29) is 11.9 Å². The van der Waals surface area contributed by atoms with Gasteiger partial charge >= 0.3 is 0 Å². The largest absolute Gasteiger partial charge is 0.508 e. The molecule has 1 aliphatic heterocycles. The van der Waals surface area contributed by atoms with Crippen LogP contribution < -0.4 is 0 Å². The highest BCUT2D eigenvalue weighted by Gasteiger charge is 2.19. The van der Waals surface area contributed by atoms with Crippen molar-refractivity contribution in [2.75, 3.05) is 0 Å².